The lowest BCUT2D eigenvalue weighted by molar-refractivity contribution is 0.0925. The van der Waals surface area contributed by atoms with Gasteiger partial charge in [-0.1, -0.05) is 17.7 Å². The van der Waals surface area contributed by atoms with Crippen molar-refractivity contribution in [1.29, 1.82) is 0 Å². The lowest BCUT2D eigenvalue weighted by atomic mass is 9.87. The van der Waals surface area contributed by atoms with Crippen molar-refractivity contribution < 1.29 is 13.9 Å². The van der Waals surface area contributed by atoms with Crippen LogP contribution >= 0.6 is 11.6 Å². The van der Waals surface area contributed by atoms with E-state index in [1.807, 2.05) is 48.5 Å². The van der Waals surface area contributed by atoms with E-state index in [-0.39, 0.29) is 11.9 Å². The number of pyridine rings is 1. The summed E-state index contributed by atoms with van der Waals surface area (Å²) in [7, 11) is 0. The first kappa shape index (κ1) is 24.4. The topological polar surface area (TPSA) is 114 Å². The maximum atomic E-state index is 13.3. The number of nitrogens with one attached hydrogen (secondary N) is 3. The molecule has 0 spiro atoms. The molecule has 1 fully saturated rings. The molecule has 194 valence electrons. The van der Waals surface area contributed by atoms with Gasteiger partial charge in [0.1, 0.15) is 11.3 Å². The molecular formula is C28H27ClN6O3. The number of carbonyl (C=O) groups excluding carboxylic acids is 1. The highest BCUT2D eigenvalue weighted by molar-refractivity contribution is 6.30. The molecule has 1 amide bonds. The molecule has 10 heteroatoms. The fraction of sp³-hybridized carbons (Fsp3) is 0.286. The Bertz CT molecular complexity index is 1440. The molecule has 0 aliphatic carbocycles. The van der Waals surface area contributed by atoms with Crippen LogP contribution in [0.1, 0.15) is 47.1 Å². The van der Waals surface area contributed by atoms with Crippen molar-refractivity contribution in [3.05, 3.63) is 89.0 Å². The van der Waals surface area contributed by atoms with Gasteiger partial charge in [0.25, 0.3) is 5.91 Å². The largest absolute Gasteiger partial charge is 0.493 e. The van der Waals surface area contributed by atoms with Gasteiger partial charge in [0.05, 0.1) is 12.6 Å². The van der Waals surface area contributed by atoms with E-state index in [4.69, 9.17) is 20.8 Å². The van der Waals surface area contributed by atoms with Crippen LogP contribution in [0.5, 0.6) is 5.75 Å². The summed E-state index contributed by atoms with van der Waals surface area (Å²) in [5, 5.41) is 19.5. The van der Waals surface area contributed by atoms with Crippen molar-refractivity contribution >= 4 is 23.2 Å². The van der Waals surface area contributed by atoms with Crippen molar-refractivity contribution in [1.82, 2.24) is 25.8 Å². The maximum Gasteiger partial charge on any atom is 0.251 e. The molecule has 0 bridgehead atoms. The number of halogens is 1. The molecule has 4 aromatic rings. The van der Waals surface area contributed by atoms with Gasteiger partial charge in [-0.15, -0.1) is 10.2 Å². The van der Waals surface area contributed by atoms with Crippen molar-refractivity contribution in [2.75, 3.05) is 25.0 Å². The Balaban J connectivity index is 1.23. The first-order valence-electron chi connectivity index (χ1n) is 12.7. The first-order valence-corrected chi connectivity index (χ1v) is 13.0. The molecule has 1 atom stereocenters. The molecule has 0 saturated carbocycles. The van der Waals surface area contributed by atoms with Gasteiger partial charge < -0.3 is 25.1 Å². The van der Waals surface area contributed by atoms with Gasteiger partial charge in [-0.05, 0) is 74.5 Å². The zero-order chi connectivity index (χ0) is 26.0. The highest BCUT2D eigenvalue weighted by Gasteiger charge is 2.39. The summed E-state index contributed by atoms with van der Waals surface area (Å²) >= 11 is 6.21. The number of hydrogen-bond donors (Lipinski definition) is 3. The number of anilines is 1. The third-order valence-electron chi connectivity index (χ3n) is 7.04. The molecule has 2 aliphatic heterocycles. The average Bonchev–Trinajstić information content (AvgIpc) is 3.46. The number of fused-ring (bicyclic) bond motifs is 1. The number of amides is 1. The summed E-state index contributed by atoms with van der Waals surface area (Å²) in [6.07, 6.45) is 5.57. The van der Waals surface area contributed by atoms with Crippen LogP contribution in [0, 0.1) is 0 Å². The third kappa shape index (κ3) is 4.94. The summed E-state index contributed by atoms with van der Waals surface area (Å²) in [5.41, 5.74) is 2.50. The highest BCUT2D eigenvalue weighted by Crippen LogP contribution is 2.36. The molecule has 3 N–H and O–H groups in total. The minimum Gasteiger partial charge on any atom is -0.493 e. The van der Waals surface area contributed by atoms with Gasteiger partial charge in [-0.3, -0.25) is 9.78 Å². The lowest BCUT2D eigenvalue weighted by Crippen LogP contribution is -2.45. The van der Waals surface area contributed by atoms with Crippen LogP contribution in [0.2, 0.25) is 5.02 Å². The number of carbonyl (C=O) groups is 1. The third-order valence-corrected chi connectivity index (χ3v) is 7.28. The van der Waals surface area contributed by atoms with Crippen LogP contribution in [0.15, 0.2) is 71.4 Å². The van der Waals surface area contributed by atoms with E-state index in [2.05, 4.69) is 31.1 Å². The molecule has 2 aromatic carbocycles. The molecule has 9 nitrogen and oxygen atoms in total. The van der Waals surface area contributed by atoms with Crippen LogP contribution in [0.4, 0.5) is 5.69 Å². The summed E-state index contributed by atoms with van der Waals surface area (Å²) in [6, 6.07) is 16.5. The van der Waals surface area contributed by atoms with E-state index in [0.29, 0.717) is 35.4 Å². The van der Waals surface area contributed by atoms with E-state index < -0.39 is 5.54 Å². The van der Waals surface area contributed by atoms with Crippen LogP contribution in [0.3, 0.4) is 0 Å². The van der Waals surface area contributed by atoms with Gasteiger partial charge in [0, 0.05) is 46.2 Å². The second kappa shape index (κ2) is 10.4. The second-order valence-corrected chi connectivity index (χ2v) is 9.97. The average molecular weight is 531 g/mol. The number of hydrogen-bond acceptors (Lipinski definition) is 8. The summed E-state index contributed by atoms with van der Waals surface area (Å²) in [6.45, 7) is 2.13. The number of rotatable bonds is 6. The smallest absolute Gasteiger partial charge is 0.251 e. The van der Waals surface area contributed by atoms with Crippen LogP contribution in [0.25, 0.3) is 11.5 Å². The summed E-state index contributed by atoms with van der Waals surface area (Å²) < 4.78 is 11.9. The molecule has 0 unspecified atom stereocenters. The van der Waals surface area contributed by atoms with Crippen molar-refractivity contribution in [2.45, 2.75) is 30.8 Å². The quantitative estimate of drug-likeness (QED) is 0.328. The minimum atomic E-state index is -0.560. The fourth-order valence-corrected chi connectivity index (χ4v) is 5.23. The van der Waals surface area contributed by atoms with Gasteiger partial charge in [0.15, 0.2) is 0 Å². The molecule has 1 saturated heterocycles. The Hall–Kier alpha value is -3.95. The number of benzene rings is 2. The normalized spacial score (nSPS) is 18.2. The molecule has 4 heterocycles. The van der Waals surface area contributed by atoms with Gasteiger partial charge in [-0.2, -0.15) is 0 Å². The molecule has 2 aliphatic rings. The Labute approximate surface area is 225 Å². The maximum absolute atomic E-state index is 13.3. The van der Waals surface area contributed by atoms with Crippen LogP contribution < -0.4 is 20.7 Å². The molecule has 6 rings (SSSR count). The summed E-state index contributed by atoms with van der Waals surface area (Å²) in [5.74, 6) is 1.56. The van der Waals surface area contributed by atoms with E-state index in [9.17, 15) is 4.79 Å². The zero-order valence-corrected chi connectivity index (χ0v) is 21.4. The van der Waals surface area contributed by atoms with E-state index >= 15 is 0 Å². The number of piperidine rings is 1. The standard InChI is InChI=1S/C28H27ClN6O3/c29-20-4-5-24-22(17-20)23(8-15-37-24)32-25(36)19-2-1-3-21(16-19)33-28(9-13-31-14-10-28)27-35-34-26(38-27)18-6-11-30-12-7-18/h1-7,11-12,16-17,23,31,33H,8-10,13-15H2,(H,32,36)/t23-/m0/s1. The van der Waals surface area contributed by atoms with Crippen LogP contribution in [-0.4, -0.2) is 40.8 Å². The monoisotopic (exact) mass is 530 g/mol. The van der Waals surface area contributed by atoms with E-state index in [1.165, 1.54) is 0 Å². The van der Waals surface area contributed by atoms with Crippen LogP contribution in [-0.2, 0) is 5.54 Å². The molecular weight excluding hydrogens is 504 g/mol. The molecule has 0 radical (unpaired) electrons. The first-order chi connectivity index (χ1) is 18.6. The predicted octanol–water partition coefficient (Wildman–Crippen LogP) is 4.73. The van der Waals surface area contributed by atoms with Gasteiger partial charge in [-0.25, -0.2) is 0 Å². The van der Waals surface area contributed by atoms with E-state index in [1.54, 1.807) is 18.5 Å². The Kier molecular flexibility index (Phi) is 6.70. The minimum absolute atomic E-state index is 0.163. The molecule has 2 aromatic heterocycles. The zero-order valence-electron chi connectivity index (χ0n) is 20.6. The molecule has 38 heavy (non-hydrogen) atoms. The van der Waals surface area contributed by atoms with Crippen molar-refractivity contribution in [3.8, 4) is 17.2 Å². The predicted molar refractivity (Wildman–Crippen MR) is 143 cm³/mol. The highest BCUT2D eigenvalue weighted by atomic mass is 35.5. The van der Waals surface area contributed by atoms with Gasteiger partial charge in [0.2, 0.25) is 11.8 Å². The lowest BCUT2D eigenvalue weighted by Gasteiger charge is -2.36. The SMILES string of the molecule is O=C(N[C@H]1CCOc2ccc(Cl)cc21)c1cccc(NC2(c3nnc(-c4ccncc4)o3)CCNCC2)c1. The van der Waals surface area contributed by atoms with Gasteiger partial charge >= 0.3 is 0 Å². The second-order valence-electron chi connectivity index (χ2n) is 9.53. The number of aromatic nitrogens is 3. The summed E-state index contributed by atoms with van der Waals surface area (Å²) in [4.78, 5) is 17.3. The Morgan fingerprint density at radius 1 is 1.05 bits per heavy atom. The fourth-order valence-electron chi connectivity index (χ4n) is 5.04. The Morgan fingerprint density at radius 3 is 2.74 bits per heavy atom. The van der Waals surface area contributed by atoms with Crippen molar-refractivity contribution in [3.63, 3.8) is 0 Å². The number of nitrogens with zero attached hydrogens (tertiary/aromatic N) is 3. The number of ether oxygens (including phenoxy) is 1. The van der Waals surface area contributed by atoms with Crippen molar-refractivity contribution in [2.24, 2.45) is 0 Å². The van der Waals surface area contributed by atoms with E-state index in [0.717, 1.165) is 48.5 Å². The Morgan fingerprint density at radius 2 is 1.89 bits per heavy atom.